The number of nitrogens with one attached hydrogen (secondary N) is 1. The summed E-state index contributed by atoms with van der Waals surface area (Å²) in [5, 5.41) is 2.72. The fourth-order valence-electron chi connectivity index (χ4n) is 2.35. The number of hydrogen-bond acceptors (Lipinski definition) is 4. The van der Waals surface area contributed by atoms with E-state index in [1.807, 2.05) is 0 Å². The minimum Gasteiger partial charge on any atom is -0.364 e. The number of rotatable bonds is 7. The highest BCUT2D eigenvalue weighted by molar-refractivity contribution is 5.86. The molecule has 0 saturated carbocycles. The highest BCUT2D eigenvalue weighted by Crippen LogP contribution is 2.27. The van der Waals surface area contributed by atoms with Gasteiger partial charge >= 0.3 is 5.69 Å². The molecule has 2 aromatic rings. The van der Waals surface area contributed by atoms with Crippen molar-refractivity contribution in [2.75, 3.05) is 13.7 Å². The minimum absolute atomic E-state index is 0.175. The van der Waals surface area contributed by atoms with Gasteiger partial charge in [-0.15, -0.1) is 0 Å². The molecule has 1 aromatic heterocycles. The lowest BCUT2D eigenvalue weighted by Gasteiger charge is -2.27. The molecule has 1 aromatic carbocycles. The fourth-order valence-corrected chi connectivity index (χ4v) is 2.35. The summed E-state index contributed by atoms with van der Waals surface area (Å²) in [6.07, 6.45) is 3.60. The lowest BCUT2D eigenvalue weighted by Crippen LogP contribution is -2.44. The molecule has 2 rings (SSSR count). The number of carbonyl (C=O) groups excluding carboxylic acids is 1. The Hall–Kier alpha value is -2.54. The number of nitrogens with zero attached hydrogens (tertiary/aromatic N) is 2. The first-order valence-electron chi connectivity index (χ1n) is 7.59. The molecule has 0 unspecified atom stereocenters. The van der Waals surface area contributed by atoms with Gasteiger partial charge < -0.3 is 10.1 Å². The average Bonchev–Trinajstić information content (AvgIpc) is 2.59. The van der Waals surface area contributed by atoms with E-state index in [2.05, 4.69) is 10.3 Å². The lowest BCUT2D eigenvalue weighted by molar-refractivity contribution is -0.143. The molecule has 0 saturated heterocycles. The molecular formula is C17H20FN3O3. The summed E-state index contributed by atoms with van der Waals surface area (Å²) >= 11 is 0. The van der Waals surface area contributed by atoms with Crippen LogP contribution in [0.15, 0.2) is 47.5 Å². The third-order valence-electron chi connectivity index (χ3n) is 3.87. The van der Waals surface area contributed by atoms with Crippen LogP contribution in [0.25, 0.3) is 0 Å². The largest absolute Gasteiger partial charge is 0.364 e. The molecule has 6 nitrogen and oxygen atoms in total. The van der Waals surface area contributed by atoms with Crippen LogP contribution in [0.4, 0.5) is 4.39 Å². The fraction of sp³-hybridized carbons (Fsp3) is 0.353. The summed E-state index contributed by atoms with van der Waals surface area (Å²) in [5.74, 6) is -0.937. The van der Waals surface area contributed by atoms with Crippen LogP contribution < -0.4 is 11.0 Å². The van der Waals surface area contributed by atoms with E-state index in [9.17, 15) is 14.0 Å². The number of aromatic nitrogens is 2. The molecule has 0 bridgehead atoms. The predicted octanol–water partition coefficient (Wildman–Crippen LogP) is 1.45. The van der Waals surface area contributed by atoms with Crippen LogP contribution in [0.2, 0.25) is 0 Å². The predicted molar refractivity (Wildman–Crippen MR) is 86.9 cm³/mol. The van der Waals surface area contributed by atoms with Crippen LogP contribution in [0.1, 0.15) is 18.9 Å². The highest BCUT2D eigenvalue weighted by atomic mass is 19.1. The zero-order chi connectivity index (χ0) is 17.6. The smallest absolute Gasteiger partial charge is 0.347 e. The normalized spacial score (nSPS) is 13.3. The number of carbonyl (C=O) groups is 1. The molecule has 1 N–H and O–H groups in total. The van der Waals surface area contributed by atoms with Crippen LogP contribution in [0.5, 0.6) is 0 Å². The number of halogens is 1. The second kappa shape index (κ2) is 7.83. The van der Waals surface area contributed by atoms with E-state index in [0.29, 0.717) is 19.5 Å². The van der Waals surface area contributed by atoms with E-state index in [1.54, 1.807) is 24.4 Å². The summed E-state index contributed by atoms with van der Waals surface area (Å²) < 4.78 is 20.7. The molecular weight excluding hydrogens is 313 g/mol. The molecule has 24 heavy (non-hydrogen) atoms. The standard InChI is InChI=1S/C17H20FN3O3/c1-17(24-2,13-7-3-4-8-14(13)18)15(22)19-9-5-11-21-12-6-10-20-16(21)23/h3-4,6-8,10,12H,5,9,11H2,1-2H3,(H,19,22)/t17-/m1/s1. The number of benzene rings is 1. The Bertz CT molecular complexity index is 762. The van der Waals surface area contributed by atoms with Gasteiger partial charge in [0.05, 0.1) is 0 Å². The third-order valence-corrected chi connectivity index (χ3v) is 3.87. The molecule has 1 amide bonds. The molecule has 7 heteroatoms. The van der Waals surface area contributed by atoms with Crippen molar-refractivity contribution < 1.29 is 13.9 Å². The van der Waals surface area contributed by atoms with Crippen LogP contribution >= 0.6 is 0 Å². The van der Waals surface area contributed by atoms with Gasteiger partial charge in [-0.2, -0.15) is 0 Å². The third kappa shape index (κ3) is 3.86. The summed E-state index contributed by atoms with van der Waals surface area (Å²) in [6.45, 7) is 2.27. The van der Waals surface area contributed by atoms with Gasteiger partial charge in [-0.05, 0) is 25.5 Å². The lowest BCUT2D eigenvalue weighted by atomic mass is 9.94. The molecule has 0 fully saturated rings. The Labute approximate surface area is 139 Å². The molecule has 128 valence electrons. The quantitative estimate of drug-likeness (QED) is 0.779. The Morgan fingerprint density at radius 2 is 2.12 bits per heavy atom. The Morgan fingerprint density at radius 1 is 1.38 bits per heavy atom. The summed E-state index contributed by atoms with van der Waals surface area (Å²) in [6, 6.07) is 7.68. The average molecular weight is 333 g/mol. The van der Waals surface area contributed by atoms with E-state index in [1.165, 1.54) is 36.9 Å². The Morgan fingerprint density at radius 3 is 2.79 bits per heavy atom. The second-order valence-electron chi connectivity index (χ2n) is 5.42. The van der Waals surface area contributed by atoms with Gasteiger partial charge in [-0.3, -0.25) is 9.36 Å². The molecule has 0 aliphatic rings. The Kier molecular flexibility index (Phi) is 5.81. The first kappa shape index (κ1) is 17.8. The molecule has 1 heterocycles. The van der Waals surface area contributed by atoms with Gasteiger partial charge in [0.2, 0.25) is 0 Å². The van der Waals surface area contributed by atoms with Crippen molar-refractivity contribution in [3.63, 3.8) is 0 Å². The van der Waals surface area contributed by atoms with Crippen LogP contribution in [-0.2, 0) is 21.7 Å². The van der Waals surface area contributed by atoms with Crippen molar-refractivity contribution in [1.29, 1.82) is 0 Å². The number of aryl methyl sites for hydroxylation is 1. The SMILES string of the molecule is CO[C@@](C)(C(=O)NCCCn1cccnc1=O)c1ccccc1F. The van der Waals surface area contributed by atoms with Gasteiger partial charge in [-0.1, -0.05) is 18.2 Å². The van der Waals surface area contributed by atoms with Crippen LogP contribution in [-0.4, -0.2) is 29.1 Å². The van der Waals surface area contributed by atoms with Crippen LogP contribution in [0, 0.1) is 5.82 Å². The van der Waals surface area contributed by atoms with Crippen molar-refractivity contribution >= 4 is 5.91 Å². The van der Waals surface area contributed by atoms with E-state index in [-0.39, 0.29) is 11.3 Å². The van der Waals surface area contributed by atoms with Crippen LogP contribution in [0.3, 0.4) is 0 Å². The topological polar surface area (TPSA) is 73.2 Å². The van der Waals surface area contributed by atoms with Crippen molar-refractivity contribution in [2.45, 2.75) is 25.5 Å². The monoisotopic (exact) mass is 333 g/mol. The maximum atomic E-state index is 14.0. The number of amides is 1. The number of hydrogen-bond donors (Lipinski definition) is 1. The number of methoxy groups -OCH3 is 1. The van der Waals surface area contributed by atoms with Gasteiger partial charge in [0.25, 0.3) is 5.91 Å². The van der Waals surface area contributed by atoms with Gasteiger partial charge in [0.1, 0.15) is 5.82 Å². The van der Waals surface area contributed by atoms with E-state index in [0.717, 1.165) is 0 Å². The highest BCUT2D eigenvalue weighted by Gasteiger charge is 2.37. The maximum absolute atomic E-state index is 14.0. The van der Waals surface area contributed by atoms with E-state index in [4.69, 9.17) is 4.74 Å². The maximum Gasteiger partial charge on any atom is 0.347 e. The number of ether oxygens (including phenoxy) is 1. The summed E-state index contributed by atoms with van der Waals surface area (Å²) in [5.41, 5.74) is -1.58. The molecule has 0 aliphatic heterocycles. The van der Waals surface area contributed by atoms with E-state index < -0.39 is 17.3 Å². The Balaban J connectivity index is 1.97. The molecule has 0 radical (unpaired) electrons. The van der Waals surface area contributed by atoms with Gasteiger partial charge in [-0.25, -0.2) is 14.2 Å². The molecule has 0 aliphatic carbocycles. The van der Waals surface area contributed by atoms with Crippen molar-refractivity contribution in [2.24, 2.45) is 0 Å². The van der Waals surface area contributed by atoms with Crippen molar-refractivity contribution in [3.8, 4) is 0 Å². The van der Waals surface area contributed by atoms with Gasteiger partial charge in [0.15, 0.2) is 5.60 Å². The molecule has 0 spiro atoms. The minimum atomic E-state index is -1.42. The second-order valence-corrected chi connectivity index (χ2v) is 5.42. The first-order chi connectivity index (χ1) is 11.5. The summed E-state index contributed by atoms with van der Waals surface area (Å²) in [4.78, 5) is 27.6. The zero-order valence-corrected chi connectivity index (χ0v) is 13.7. The zero-order valence-electron chi connectivity index (χ0n) is 13.7. The van der Waals surface area contributed by atoms with E-state index >= 15 is 0 Å². The van der Waals surface area contributed by atoms with Gasteiger partial charge in [0, 0.05) is 38.2 Å². The van der Waals surface area contributed by atoms with Crippen molar-refractivity contribution in [1.82, 2.24) is 14.9 Å². The summed E-state index contributed by atoms with van der Waals surface area (Å²) in [7, 11) is 1.36. The van der Waals surface area contributed by atoms with Crippen molar-refractivity contribution in [3.05, 3.63) is 64.6 Å². The first-order valence-corrected chi connectivity index (χ1v) is 7.59. The molecule has 1 atom stereocenters.